The van der Waals surface area contributed by atoms with Crippen LogP contribution in [0.3, 0.4) is 0 Å². The summed E-state index contributed by atoms with van der Waals surface area (Å²) in [6.07, 6.45) is 7.18. The third kappa shape index (κ3) is 4.62. The summed E-state index contributed by atoms with van der Waals surface area (Å²) >= 11 is 0. The van der Waals surface area contributed by atoms with Crippen LogP contribution in [-0.4, -0.2) is 72.5 Å². The van der Waals surface area contributed by atoms with Crippen molar-refractivity contribution in [1.29, 1.82) is 0 Å². The van der Waals surface area contributed by atoms with E-state index in [0.29, 0.717) is 17.2 Å². The van der Waals surface area contributed by atoms with Gasteiger partial charge in [0.25, 0.3) is 5.91 Å². The molecule has 0 radical (unpaired) electrons. The molecule has 2 bridgehead atoms. The molecular weight excluding hydrogens is 578 g/mol. The van der Waals surface area contributed by atoms with E-state index in [1.807, 2.05) is 49.8 Å². The molecule has 3 aromatic heterocycles. The fourth-order valence-electron chi connectivity index (χ4n) is 8.32. The minimum Gasteiger partial charge on any atom is -0.494 e. The minimum absolute atomic E-state index is 0.0123. The average Bonchev–Trinajstić information content (AvgIpc) is 3.38. The lowest BCUT2D eigenvalue weighted by atomic mass is 9.94. The largest absolute Gasteiger partial charge is 0.494 e. The quantitative estimate of drug-likeness (QED) is 0.307. The molecule has 3 aliphatic heterocycles. The lowest BCUT2D eigenvalue weighted by Crippen LogP contribution is -2.40. The number of carbonyl (C=O) groups excluding carboxylic acids is 2. The Labute approximate surface area is 269 Å². The summed E-state index contributed by atoms with van der Waals surface area (Å²) in [5, 5.41) is 1.06. The average molecular weight is 624 g/mol. The second kappa shape index (κ2) is 10.6. The van der Waals surface area contributed by atoms with Gasteiger partial charge >= 0.3 is 0 Å². The molecule has 4 fully saturated rings. The van der Waals surface area contributed by atoms with Crippen LogP contribution in [0, 0.1) is 11.3 Å². The van der Waals surface area contributed by atoms with Gasteiger partial charge in [-0.2, -0.15) is 0 Å². The van der Waals surface area contributed by atoms with Crippen molar-refractivity contribution in [3.8, 4) is 17.3 Å². The van der Waals surface area contributed by atoms with E-state index in [1.54, 1.807) is 7.11 Å². The lowest BCUT2D eigenvalue weighted by Gasteiger charge is -2.30. The molecule has 4 aliphatic rings. The lowest BCUT2D eigenvalue weighted by molar-refractivity contribution is -0.140. The van der Waals surface area contributed by atoms with E-state index in [0.717, 1.165) is 84.5 Å². The Balaban J connectivity index is 1.21. The van der Waals surface area contributed by atoms with E-state index in [9.17, 15) is 9.59 Å². The molecule has 6 heterocycles. The summed E-state index contributed by atoms with van der Waals surface area (Å²) in [6, 6.07) is 10.6. The smallest absolute Gasteiger partial charge is 0.254 e. The monoisotopic (exact) mass is 623 g/mol. The van der Waals surface area contributed by atoms with Crippen LogP contribution in [0.1, 0.15) is 87.8 Å². The van der Waals surface area contributed by atoms with Gasteiger partial charge in [0.05, 0.1) is 30.1 Å². The normalized spacial score (nSPS) is 24.6. The number of nitrogens with two attached hydrogens (primary N) is 1. The van der Waals surface area contributed by atoms with Gasteiger partial charge in [-0.3, -0.25) is 9.59 Å². The van der Waals surface area contributed by atoms with Gasteiger partial charge in [0.15, 0.2) is 5.82 Å². The molecule has 10 heteroatoms. The van der Waals surface area contributed by atoms with Crippen LogP contribution in [-0.2, 0) is 18.4 Å². The number of fused-ring (bicyclic) bond motifs is 4. The maximum absolute atomic E-state index is 13.8. The molecule has 4 atom stereocenters. The molecule has 0 unspecified atom stereocenters. The van der Waals surface area contributed by atoms with Crippen LogP contribution in [0.15, 0.2) is 30.3 Å². The predicted molar refractivity (Wildman–Crippen MR) is 177 cm³/mol. The van der Waals surface area contributed by atoms with Crippen molar-refractivity contribution < 1.29 is 14.3 Å². The summed E-state index contributed by atoms with van der Waals surface area (Å²) in [5.74, 6) is 2.25. The molecule has 3 saturated heterocycles. The molecule has 2 N–H and O–H groups in total. The van der Waals surface area contributed by atoms with Gasteiger partial charge in [0.2, 0.25) is 5.91 Å². The first-order chi connectivity index (χ1) is 22.0. The van der Waals surface area contributed by atoms with E-state index >= 15 is 0 Å². The van der Waals surface area contributed by atoms with Gasteiger partial charge in [-0.05, 0) is 81.2 Å². The zero-order chi connectivity index (χ0) is 32.1. The zero-order valence-corrected chi connectivity index (χ0v) is 27.6. The van der Waals surface area contributed by atoms with Gasteiger partial charge in [0, 0.05) is 54.6 Å². The molecule has 1 aromatic carbocycles. The van der Waals surface area contributed by atoms with Crippen molar-refractivity contribution in [3.63, 3.8) is 0 Å². The number of imidazole rings is 1. The van der Waals surface area contributed by atoms with Gasteiger partial charge in [-0.1, -0.05) is 20.8 Å². The molecule has 8 rings (SSSR count). The van der Waals surface area contributed by atoms with Crippen molar-refractivity contribution in [3.05, 3.63) is 41.6 Å². The highest BCUT2D eigenvalue weighted by Crippen LogP contribution is 2.41. The van der Waals surface area contributed by atoms with Gasteiger partial charge in [0.1, 0.15) is 16.9 Å². The number of aryl methyl sites for hydroxylation is 1. The van der Waals surface area contributed by atoms with Crippen LogP contribution >= 0.6 is 0 Å². The first kappa shape index (κ1) is 29.5. The van der Waals surface area contributed by atoms with E-state index in [4.69, 9.17) is 20.4 Å². The van der Waals surface area contributed by atoms with Crippen LogP contribution in [0.5, 0.6) is 5.75 Å². The Kier molecular flexibility index (Phi) is 6.76. The van der Waals surface area contributed by atoms with E-state index < -0.39 is 5.41 Å². The molecule has 2 amide bonds. The molecule has 242 valence electrons. The van der Waals surface area contributed by atoms with Crippen LogP contribution in [0.25, 0.3) is 33.6 Å². The number of likely N-dealkylation sites (tertiary alicyclic amines) is 1. The number of pyridine rings is 1. The van der Waals surface area contributed by atoms with Crippen molar-refractivity contribution in [2.45, 2.75) is 96.4 Å². The maximum Gasteiger partial charge on any atom is 0.254 e. The summed E-state index contributed by atoms with van der Waals surface area (Å²) in [4.78, 5) is 41.6. The number of benzene rings is 1. The van der Waals surface area contributed by atoms with Crippen molar-refractivity contribution in [1.82, 2.24) is 28.9 Å². The van der Waals surface area contributed by atoms with Gasteiger partial charge < -0.3 is 29.4 Å². The number of amides is 2. The number of nitrogens with zero attached hydrogens (tertiary/aromatic N) is 6. The Morgan fingerprint density at radius 2 is 1.85 bits per heavy atom. The topological polar surface area (TPSA) is 112 Å². The highest BCUT2D eigenvalue weighted by molar-refractivity contribution is 6.00. The summed E-state index contributed by atoms with van der Waals surface area (Å²) in [6.45, 7) is 7.61. The standard InChI is InChI=1S/C36H45N7O3/c1-36(2,3)35(45)41-14-6-7-28(41)25-12-10-21-16-29(42(32(21)38-25)19-20-8-9-20)33-39-26-15-22(17-30(46-5)31(26)40(33)4)34(44)43-23-11-13-27(43)24(37)18-23/h10,12,15-17,20,23-24,27-28H,6-9,11,13-14,18-19,37H2,1-5H3/t23-,24+,27+,28+/m0/s1. The summed E-state index contributed by atoms with van der Waals surface area (Å²) in [5.41, 5.74) is 11.0. The maximum atomic E-state index is 13.8. The third-order valence-electron chi connectivity index (χ3n) is 10.8. The SMILES string of the molecule is COc1cc(C(=O)N2[C@H]3CC[C@@H]2[C@H](N)C3)cc2nc(-c3cc4ccc([C@H]5CCCN5C(=O)C(C)(C)C)nc4n3CC3CC3)n(C)c12. The van der Waals surface area contributed by atoms with E-state index in [-0.39, 0.29) is 36.0 Å². The first-order valence-corrected chi connectivity index (χ1v) is 17.0. The Morgan fingerprint density at radius 1 is 1.04 bits per heavy atom. The number of aromatic nitrogens is 4. The Bertz CT molecular complexity index is 1880. The number of rotatable bonds is 6. The Hall–Kier alpha value is -3.92. The summed E-state index contributed by atoms with van der Waals surface area (Å²) in [7, 11) is 3.66. The number of ether oxygens (including phenoxy) is 1. The number of hydrogen-bond donors (Lipinski definition) is 1. The molecule has 10 nitrogen and oxygen atoms in total. The molecule has 46 heavy (non-hydrogen) atoms. The van der Waals surface area contributed by atoms with Crippen molar-refractivity contribution in [2.75, 3.05) is 13.7 Å². The van der Waals surface area contributed by atoms with Crippen LogP contribution in [0.4, 0.5) is 0 Å². The summed E-state index contributed by atoms with van der Waals surface area (Å²) < 4.78 is 10.3. The second-order valence-corrected chi connectivity index (χ2v) is 15.1. The molecule has 0 spiro atoms. The first-order valence-electron chi connectivity index (χ1n) is 17.0. The highest BCUT2D eigenvalue weighted by Gasteiger charge is 2.47. The number of methoxy groups -OCH3 is 1. The predicted octanol–water partition coefficient (Wildman–Crippen LogP) is 5.42. The third-order valence-corrected chi connectivity index (χ3v) is 10.8. The van der Waals surface area contributed by atoms with Crippen molar-refractivity contribution in [2.24, 2.45) is 24.1 Å². The fourth-order valence-corrected chi connectivity index (χ4v) is 8.32. The minimum atomic E-state index is -0.432. The molecular formula is C36H45N7O3. The van der Waals surface area contributed by atoms with Gasteiger partial charge in [-0.15, -0.1) is 0 Å². The van der Waals surface area contributed by atoms with Crippen LogP contribution < -0.4 is 10.5 Å². The highest BCUT2D eigenvalue weighted by atomic mass is 16.5. The van der Waals surface area contributed by atoms with E-state index in [1.165, 1.54) is 12.8 Å². The van der Waals surface area contributed by atoms with E-state index in [2.05, 4.69) is 27.3 Å². The zero-order valence-electron chi connectivity index (χ0n) is 27.6. The second-order valence-electron chi connectivity index (χ2n) is 15.1. The molecule has 1 aliphatic carbocycles. The molecule has 1 saturated carbocycles. The van der Waals surface area contributed by atoms with Crippen LogP contribution in [0.2, 0.25) is 0 Å². The number of carbonyl (C=O) groups is 2. The number of hydrogen-bond acceptors (Lipinski definition) is 6. The fraction of sp³-hybridized carbons (Fsp3) is 0.556. The van der Waals surface area contributed by atoms with Gasteiger partial charge in [-0.25, -0.2) is 9.97 Å². The van der Waals surface area contributed by atoms with Crippen molar-refractivity contribution >= 4 is 33.9 Å². The molecule has 4 aromatic rings. The Morgan fingerprint density at radius 3 is 2.52 bits per heavy atom.